The quantitative estimate of drug-likeness (QED) is 0.633. The summed E-state index contributed by atoms with van der Waals surface area (Å²) in [6.07, 6.45) is 6.97. The van der Waals surface area contributed by atoms with Crippen molar-refractivity contribution in [2.24, 2.45) is 5.92 Å². The number of hydrogen-bond donors (Lipinski definition) is 1. The Balaban J connectivity index is 1.63. The van der Waals surface area contributed by atoms with E-state index in [2.05, 4.69) is 28.0 Å². The van der Waals surface area contributed by atoms with Crippen molar-refractivity contribution in [3.63, 3.8) is 0 Å². The minimum atomic E-state index is -0.395. The summed E-state index contributed by atoms with van der Waals surface area (Å²) in [4.78, 5) is 26.4. The molecular formula is C25H24N2O3. The molecule has 30 heavy (non-hydrogen) atoms. The molecule has 5 heteroatoms. The van der Waals surface area contributed by atoms with Gasteiger partial charge in [0.2, 0.25) is 5.91 Å². The van der Waals surface area contributed by atoms with E-state index >= 15 is 0 Å². The van der Waals surface area contributed by atoms with E-state index < -0.39 is 5.97 Å². The third-order valence-corrected chi connectivity index (χ3v) is 5.04. The number of anilines is 1. The van der Waals surface area contributed by atoms with Crippen LogP contribution >= 0.6 is 0 Å². The van der Waals surface area contributed by atoms with Crippen LogP contribution < -0.4 is 5.32 Å². The molecule has 1 heterocycles. The maximum atomic E-state index is 12.6. The minimum absolute atomic E-state index is 0.00479. The van der Waals surface area contributed by atoms with Crippen LogP contribution in [0.5, 0.6) is 0 Å². The van der Waals surface area contributed by atoms with Crippen LogP contribution in [0.15, 0.2) is 48.5 Å². The van der Waals surface area contributed by atoms with Crippen LogP contribution in [0.25, 0.3) is 0 Å². The number of carbonyl (C=O) groups excluding carboxylic acids is 2. The van der Waals surface area contributed by atoms with E-state index in [4.69, 9.17) is 11.2 Å². The Morgan fingerprint density at radius 3 is 2.43 bits per heavy atom. The lowest BCUT2D eigenvalue weighted by Gasteiger charge is -2.29. The fraction of sp³-hybridized carbons (Fsp3) is 0.280. The molecule has 1 aliphatic rings. The lowest BCUT2D eigenvalue weighted by atomic mass is 9.96. The van der Waals surface area contributed by atoms with Crippen molar-refractivity contribution < 1.29 is 14.3 Å². The molecule has 1 N–H and O–H groups in total. The largest absolute Gasteiger partial charge is 0.465 e. The molecule has 1 amide bonds. The number of benzene rings is 2. The number of piperidine rings is 1. The Hall–Kier alpha value is -3.54. The molecule has 0 aromatic heterocycles. The van der Waals surface area contributed by atoms with Gasteiger partial charge in [-0.15, -0.1) is 6.42 Å². The summed E-state index contributed by atoms with van der Waals surface area (Å²) in [6, 6.07) is 14.4. The average molecular weight is 400 g/mol. The minimum Gasteiger partial charge on any atom is -0.465 e. The van der Waals surface area contributed by atoms with Gasteiger partial charge < -0.3 is 10.1 Å². The third-order valence-electron chi connectivity index (χ3n) is 5.04. The molecule has 1 aliphatic heterocycles. The second kappa shape index (κ2) is 10.3. The Labute approximate surface area is 177 Å². The summed E-state index contributed by atoms with van der Waals surface area (Å²) in [5.74, 6) is 8.41. The molecule has 0 atom stereocenters. The fourth-order valence-electron chi connectivity index (χ4n) is 3.39. The van der Waals surface area contributed by atoms with Gasteiger partial charge in [-0.3, -0.25) is 9.69 Å². The predicted octanol–water partition coefficient (Wildman–Crippen LogP) is 3.16. The standard InChI is InChI=1S/C25H24N2O3/c1-3-14-27-15-12-21(13-16-27)24(28)26-23-9-5-7-20(18-23)11-10-19-6-4-8-22(17-19)25(29)30-2/h1,4-9,17-18,21H,12-16H2,2H3,(H,26,28). The van der Waals surface area contributed by atoms with Crippen LogP contribution in [0.3, 0.4) is 0 Å². The molecular weight excluding hydrogens is 376 g/mol. The Morgan fingerprint density at radius 1 is 1.10 bits per heavy atom. The van der Waals surface area contributed by atoms with Crippen molar-refractivity contribution in [3.8, 4) is 24.2 Å². The monoisotopic (exact) mass is 400 g/mol. The van der Waals surface area contributed by atoms with Gasteiger partial charge in [-0.05, 0) is 62.3 Å². The van der Waals surface area contributed by atoms with Crippen LogP contribution in [0.4, 0.5) is 5.69 Å². The van der Waals surface area contributed by atoms with Gasteiger partial charge in [0.1, 0.15) is 0 Å². The summed E-state index contributed by atoms with van der Waals surface area (Å²) in [7, 11) is 1.35. The number of nitrogens with one attached hydrogen (secondary N) is 1. The number of carbonyl (C=O) groups is 2. The van der Waals surface area contributed by atoms with Crippen molar-refractivity contribution in [3.05, 3.63) is 65.2 Å². The van der Waals surface area contributed by atoms with Crippen LogP contribution in [0.2, 0.25) is 0 Å². The molecule has 0 spiro atoms. The highest BCUT2D eigenvalue weighted by Crippen LogP contribution is 2.20. The van der Waals surface area contributed by atoms with Gasteiger partial charge in [0.05, 0.1) is 19.2 Å². The number of amides is 1. The van der Waals surface area contributed by atoms with Crippen LogP contribution in [0, 0.1) is 30.1 Å². The van der Waals surface area contributed by atoms with Crippen molar-refractivity contribution in [2.45, 2.75) is 12.8 Å². The zero-order valence-electron chi connectivity index (χ0n) is 17.0. The van der Waals surface area contributed by atoms with Crippen LogP contribution in [0.1, 0.15) is 34.3 Å². The highest BCUT2D eigenvalue weighted by atomic mass is 16.5. The van der Waals surface area contributed by atoms with Gasteiger partial charge >= 0.3 is 5.97 Å². The van der Waals surface area contributed by atoms with Gasteiger partial charge in [0, 0.05) is 22.7 Å². The number of rotatable bonds is 4. The molecule has 152 valence electrons. The summed E-state index contributed by atoms with van der Waals surface area (Å²) < 4.78 is 4.74. The van der Waals surface area contributed by atoms with Crippen molar-refractivity contribution >= 4 is 17.6 Å². The number of ether oxygens (including phenoxy) is 1. The normalized spacial score (nSPS) is 14.1. The van der Waals surface area contributed by atoms with Crippen molar-refractivity contribution in [1.82, 2.24) is 4.90 Å². The first-order valence-electron chi connectivity index (χ1n) is 9.86. The summed E-state index contributed by atoms with van der Waals surface area (Å²) >= 11 is 0. The molecule has 0 bridgehead atoms. The Morgan fingerprint density at radius 2 is 1.77 bits per heavy atom. The van der Waals surface area contributed by atoms with Gasteiger partial charge in [-0.25, -0.2) is 4.79 Å². The molecule has 0 saturated carbocycles. The van der Waals surface area contributed by atoms with E-state index in [9.17, 15) is 9.59 Å². The number of terminal acetylenes is 1. The van der Waals surface area contributed by atoms with E-state index in [0.29, 0.717) is 17.7 Å². The number of methoxy groups -OCH3 is 1. The Kier molecular flexibility index (Phi) is 7.27. The molecule has 5 nitrogen and oxygen atoms in total. The maximum absolute atomic E-state index is 12.6. The zero-order valence-corrected chi connectivity index (χ0v) is 17.0. The molecule has 1 saturated heterocycles. The number of esters is 1. The predicted molar refractivity (Wildman–Crippen MR) is 117 cm³/mol. The van der Waals surface area contributed by atoms with E-state index in [1.807, 2.05) is 30.3 Å². The molecule has 0 aliphatic carbocycles. The van der Waals surface area contributed by atoms with Crippen LogP contribution in [-0.2, 0) is 9.53 Å². The SMILES string of the molecule is C#CCN1CCC(C(=O)Nc2cccc(C#Cc3cccc(C(=O)OC)c3)c2)CC1. The summed E-state index contributed by atoms with van der Waals surface area (Å²) in [5, 5.41) is 3.00. The first-order valence-corrected chi connectivity index (χ1v) is 9.86. The number of hydrogen-bond acceptors (Lipinski definition) is 4. The van der Waals surface area contributed by atoms with Gasteiger partial charge in [-0.2, -0.15) is 0 Å². The van der Waals surface area contributed by atoms with Gasteiger partial charge in [0.25, 0.3) is 0 Å². The smallest absolute Gasteiger partial charge is 0.337 e. The second-order valence-corrected chi connectivity index (χ2v) is 7.15. The summed E-state index contributed by atoms with van der Waals surface area (Å²) in [6.45, 7) is 2.33. The summed E-state index contributed by atoms with van der Waals surface area (Å²) in [5.41, 5.74) is 2.67. The third kappa shape index (κ3) is 5.73. The van der Waals surface area contributed by atoms with E-state index in [0.717, 1.165) is 37.2 Å². The van der Waals surface area contributed by atoms with Crippen molar-refractivity contribution in [1.29, 1.82) is 0 Å². The van der Waals surface area contributed by atoms with Gasteiger partial charge in [-0.1, -0.05) is 29.9 Å². The second-order valence-electron chi connectivity index (χ2n) is 7.15. The molecule has 0 radical (unpaired) electrons. The van der Waals surface area contributed by atoms with E-state index in [1.54, 1.807) is 18.2 Å². The van der Waals surface area contributed by atoms with E-state index in [1.165, 1.54) is 7.11 Å². The molecule has 0 unspecified atom stereocenters. The highest BCUT2D eigenvalue weighted by molar-refractivity contribution is 5.92. The lowest BCUT2D eigenvalue weighted by molar-refractivity contribution is -0.121. The van der Waals surface area contributed by atoms with Crippen LogP contribution in [-0.4, -0.2) is 43.5 Å². The average Bonchev–Trinajstić information content (AvgIpc) is 2.78. The van der Waals surface area contributed by atoms with E-state index in [-0.39, 0.29) is 11.8 Å². The molecule has 1 fully saturated rings. The molecule has 2 aromatic carbocycles. The first-order chi connectivity index (χ1) is 14.6. The molecule has 3 rings (SSSR count). The van der Waals surface area contributed by atoms with Gasteiger partial charge in [0.15, 0.2) is 0 Å². The topological polar surface area (TPSA) is 58.6 Å². The molecule has 2 aromatic rings. The Bertz CT molecular complexity index is 1020. The van der Waals surface area contributed by atoms with Crippen molar-refractivity contribution in [2.75, 3.05) is 32.1 Å². The first kappa shape index (κ1) is 21.2. The zero-order chi connectivity index (χ0) is 21.3. The highest BCUT2D eigenvalue weighted by Gasteiger charge is 2.24. The number of nitrogens with zero attached hydrogens (tertiary/aromatic N) is 1. The maximum Gasteiger partial charge on any atom is 0.337 e. The fourth-order valence-corrected chi connectivity index (χ4v) is 3.39. The number of likely N-dealkylation sites (tertiary alicyclic amines) is 1. The lowest BCUT2D eigenvalue weighted by Crippen LogP contribution is -2.38.